The predicted molar refractivity (Wildman–Crippen MR) is 123 cm³/mol. The maximum absolute atomic E-state index is 13.6. The fourth-order valence-electron chi connectivity index (χ4n) is 3.25. The molecule has 4 aromatic rings. The van der Waals surface area contributed by atoms with E-state index in [-0.39, 0.29) is 35.9 Å². The summed E-state index contributed by atoms with van der Waals surface area (Å²) >= 11 is 1.18. The van der Waals surface area contributed by atoms with E-state index in [0.29, 0.717) is 15.3 Å². The average Bonchev–Trinajstić information content (AvgIpc) is 3.21. The molecule has 10 heteroatoms. The molecular weight excluding hydrogens is 468 g/mol. The highest BCUT2D eigenvalue weighted by molar-refractivity contribution is 7.91. The lowest BCUT2D eigenvalue weighted by atomic mass is 10.2. The van der Waals surface area contributed by atoms with Gasteiger partial charge in [-0.15, -0.1) is 0 Å². The minimum atomic E-state index is -3.65. The van der Waals surface area contributed by atoms with Crippen LogP contribution in [0.25, 0.3) is 10.2 Å². The van der Waals surface area contributed by atoms with Crippen molar-refractivity contribution in [3.8, 4) is 0 Å². The summed E-state index contributed by atoms with van der Waals surface area (Å²) in [4.78, 5) is 23.1. The zero-order valence-electron chi connectivity index (χ0n) is 17.3. The Morgan fingerprint density at radius 1 is 1.03 bits per heavy atom. The Morgan fingerprint density at radius 3 is 2.52 bits per heavy atom. The maximum atomic E-state index is 13.6. The topological polar surface area (TPSA) is 80.2 Å². The van der Waals surface area contributed by atoms with Crippen molar-refractivity contribution < 1.29 is 22.0 Å². The van der Waals surface area contributed by atoms with Crippen molar-refractivity contribution in [3.63, 3.8) is 0 Å². The number of anilines is 1. The third-order valence-corrected chi connectivity index (χ3v) is 7.77. The number of carbonyl (C=O) groups excluding carboxylic acids is 1. The van der Waals surface area contributed by atoms with E-state index < -0.39 is 21.5 Å². The summed E-state index contributed by atoms with van der Waals surface area (Å²) in [5, 5.41) is 0.394. The zero-order valence-corrected chi connectivity index (χ0v) is 19.0. The summed E-state index contributed by atoms with van der Waals surface area (Å²) in [5.41, 5.74) is 1.34. The number of nitrogens with zero attached hydrogens (tertiary/aromatic N) is 3. The van der Waals surface area contributed by atoms with Gasteiger partial charge in [0.2, 0.25) is 5.91 Å². The number of benzene rings is 2. The van der Waals surface area contributed by atoms with Gasteiger partial charge in [0, 0.05) is 18.8 Å². The van der Waals surface area contributed by atoms with Gasteiger partial charge in [0.25, 0.3) is 0 Å². The summed E-state index contributed by atoms with van der Waals surface area (Å²) < 4.78 is 52.3. The molecule has 0 saturated carbocycles. The van der Waals surface area contributed by atoms with Crippen LogP contribution in [0.2, 0.25) is 0 Å². The smallest absolute Gasteiger partial charge is 0.229 e. The van der Waals surface area contributed by atoms with Crippen LogP contribution in [-0.4, -0.2) is 30.0 Å². The van der Waals surface area contributed by atoms with Gasteiger partial charge in [-0.1, -0.05) is 17.4 Å². The van der Waals surface area contributed by atoms with Crippen molar-refractivity contribution in [1.29, 1.82) is 0 Å². The predicted octanol–water partition coefficient (Wildman–Crippen LogP) is 4.76. The van der Waals surface area contributed by atoms with Crippen molar-refractivity contribution in [2.24, 2.45) is 0 Å². The molecule has 2 aromatic carbocycles. The van der Waals surface area contributed by atoms with Crippen molar-refractivity contribution in [1.82, 2.24) is 9.97 Å². The summed E-state index contributed by atoms with van der Waals surface area (Å²) in [6.07, 6.45) is 3.30. The lowest BCUT2D eigenvalue weighted by Crippen LogP contribution is -2.30. The number of hydrogen-bond acceptors (Lipinski definition) is 6. The Morgan fingerprint density at radius 2 is 1.79 bits per heavy atom. The number of hydrogen-bond donors (Lipinski definition) is 0. The van der Waals surface area contributed by atoms with Crippen molar-refractivity contribution in [3.05, 3.63) is 84.2 Å². The molecule has 0 aliphatic heterocycles. The maximum Gasteiger partial charge on any atom is 0.229 e. The fraction of sp³-hybridized carbons (Fsp3) is 0.174. The molecule has 0 saturated heterocycles. The van der Waals surface area contributed by atoms with Crippen LogP contribution in [0.1, 0.15) is 18.4 Å². The van der Waals surface area contributed by atoms with Crippen LogP contribution in [-0.2, 0) is 21.2 Å². The second kappa shape index (κ2) is 9.72. The first kappa shape index (κ1) is 22.9. The molecule has 0 fully saturated rings. The quantitative estimate of drug-likeness (QED) is 0.335. The van der Waals surface area contributed by atoms with E-state index in [9.17, 15) is 22.0 Å². The van der Waals surface area contributed by atoms with Crippen LogP contribution in [0.5, 0.6) is 0 Å². The van der Waals surface area contributed by atoms with E-state index >= 15 is 0 Å². The third kappa shape index (κ3) is 5.58. The summed E-state index contributed by atoms with van der Waals surface area (Å²) in [5.74, 6) is -1.48. The van der Waals surface area contributed by atoms with Gasteiger partial charge in [0.05, 0.1) is 27.4 Å². The summed E-state index contributed by atoms with van der Waals surface area (Å²) in [7, 11) is -3.65. The van der Waals surface area contributed by atoms with E-state index in [4.69, 9.17) is 0 Å². The molecule has 1 amide bonds. The van der Waals surface area contributed by atoms with Gasteiger partial charge in [-0.2, -0.15) is 0 Å². The number of sulfone groups is 1. The van der Waals surface area contributed by atoms with E-state index in [1.54, 1.807) is 24.5 Å². The molecule has 0 unspecified atom stereocenters. The standard InChI is InChI=1S/C23H19F2N3O3S2/c24-17-5-8-19(9-6-17)33(30,31)12-2-4-22(29)28(15-16-3-1-11-26-14-16)23-27-20-10-7-18(25)13-21(20)32-23/h1,3,5-11,13-14H,2,4,12,15H2. The molecule has 0 radical (unpaired) electrons. The number of pyridine rings is 1. The molecule has 0 aliphatic rings. The summed E-state index contributed by atoms with van der Waals surface area (Å²) in [6.45, 7) is 0.194. The molecule has 6 nitrogen and oxygen atoms in total. The largest absolute Gasteiger partial charge is 0.284 e. The normalized spacial score (nSPS) is 11.6. The first-order valence-corrected chi connectivity index (χ1v) is 12.5. The SMILES string of the molecule is O=C(CCCS(=O)(=O)c1ccc(F)cc1)N(Cc1cccnc1)c1nc2ccc(F)cc2s1. The molecule has 2 aromatic heterocycles. The molecule has 0 spiro atoms. The molecule has 33 heavy (non-hydrogen) atoms. The molecule has 170 valence electrons. The van der Waals surface area contributed by atoms with E-state index in [1.807, 2.05) is 6.07 Å². The molecule has 0 N–H and O–H groups in total. The molecule has 4 rings (SSSR count). The van der Waals surface area contributed by atoms with E-state index in [2.05, 4.69) is 9.97 Å². The first-order valence-electron chi connectivity index (χ1n) is 10.1. The van der Waals surface area contributed by atoms with E-state index in [1.165, 1.54) is 40.5 Å². The number of thiazole rings is 1. The number of fused-ring (bicyclic) bond motifs is 1. The Kier molecular flexibility index (Phi) is 6.75. The monoisotopic (exact) mass is 487 g/mol. The highest BCUT2D eigenvalue weighted by Crippen LogP contribution is 2.31. The molecule has 0 atom stereocenters. The van der Waals surface area contributed by atoms with Crippen LogP contribution < -0.4 is 4.90 Å². The van der Waals surface area contributed by atoms with Crippen LogP contribution in [0, 0.1) is 11.6 Å². The highest BCUT2D eigenvalue weighted by Gasteiger charge is 2.22. The Hall–Kier alpha value is -3.24. The number of aromatic nitrogens is 2. The number of halogens is 2. The number of rotatable bonds is 8. The van der Waals surface area contributed by atoms with Gasteiger partial charge in [0.15, 0.2) is 15.0 Å². The van der Waals surface area contributed by atoms with Gasteiger partial charge >= 0.3 is 0 Å². The third-order valence-electron chi connectivity index (χ3n) is 4.91. The minimum Gasteiger partial charge on any atom is -0.284 e. The molecule has 0 bridgehead atoms. The van der Waals surface area contributed by atoms with E-state index in [0.717, 1.165) is 17.7 Å². The first-order chi connectivity index (χ1) is 15.8. The second-order valence-corrected chi connectivity index (χ2v) is 10.4. The van der Waals surface area contributed by atoms with Crippen LogP contribution >= 0.6 is 11.3 Å². The molecular formula is C23H19F2N3O3S2. The van der Waals surface area contributed by atoms with Gasteiger partial charge in [-0.3, -0.25) is 14.7 Å². The minimum absolute atomic E-state index is 0.0109. The van der Waals surface area contributed by atoms with Crippen LogP contribution in [0.4, 0.5) is 13.9 Å². The second-order valence-electron chi connectivity index (χ2n) is 7.33. The fourth-order valence-corrected chi connectivity index (χ4v) is 5.56. The zero-order chi connectivity index (χ0) is 23.4. The van der Waals surface area contributed by atoms with Crippen molar-refractivity contribution in [2.75, 3.05) is 10.7 Å². The van der Waals surface area contributed by atoms with Gasteiger partial charge in [-0.25, -0.2) is 22.2 Å². The lowest BCUT2D eigenvalue weighted by Gasteiger charge is -2.20. The Balaban J connectivity index is 1.52. The van der Waals surface area contributed by atoms with Crippen LogP contribution in [0.15, 0.2) is 71.9 Å². The Bertz CT molecular complexity index is 1380. The van der Waals surface area contributed by atoms with Gasteiger partial charge in [0.1, 0.15) is 11.6 Å². The van der Waals surface area contributed by atoms with Crippen molar-refractivity contribution >= 4 is 42.4 Å². The van der Waals surface area contributed by atoms with Gasteiger partial charge < -0.3 is 0 Å². The lowest BCUT2D eigenvalue weighted by molar-refractivity contribution is -0.118. The molecule has 2 heterocycles. The van der Waals surface area contributed by atoms with Crippen LogP contribution in [0.3, 0.4) is 0 Å². The molecule has 0 aliphatic carbocycles. The van der Waals surface area contributed by atoms with Crippen molar-refractivity contribution in [2.45, 2.75) is 24.3 Å². The number of amides is 1. The summed E-state index contributed by atoms with van der Waals surface area (Å²) in [6, 6.07) is 12.4. The Labute approximate surface area is 193 Å². The highest BCUT2D eigenvalue weighted by atomic mass is 32.2. The van der Waals surface area contributed by atoms with Gasteiger partial charge in [-0.05, 0) is 60.5 Å². The average molecular weight is 488 g/mol. The number of carbonyl (C=O) groups is 1.